The van der Waals surface area contributed by atoms with E-state index in [9.17, 15) is 23.2 Å². The van der Waals surface area contributed by atoms with E-state index in [1.165, 1.54) is 0 Å². The van der Waals surface area contributed by atoms with Gasteiger partial charge < -0.3 is 9.47 Å². The monoisotopic (exact) mass is 495 g/mol. The van der Waals surface area contributed by atoms with Crippen molar-refractivity contribution >= 4 is 23.5 Å². The van der Waals surface area contributed by atoms with Crippen LogP contribution in [0, 0.1) is 11.6 Å². The lowest BCUT2D eigenvalue weighted by molar-refractivity contribution is -0.152. The molecule has 0 aromatic heterocycles. The Balaban J connectivity index is 2.00. The quantitative estimate of drug-likeness (QED) is 0.388. The number of rotatable bonds is 7. The fraction of sp³-hybridized carbons (Fsp3) is 0.250. The molecule has 0 heterocycles. The first-order chi connectivity index (χ1) is 17.0. The van der Waals surface area contributed by atoms with Gasteiger partial charge in [-0.2, -0.15) is 0 Å². The molecule has 0 spiro atoms. The maximum absolute atomic E-state index is 14.4. The summed E-state index contributed by atoms with van der Waals surface area (Å²) in [6.07, 6.45) is 0. The second-order valence-corrected chi connectivity index (χ2v) is 8.92. The van der Waals surface area contributed by atoms with Crippen LogP contribution in [0.5, 0.6) is 0 Å². The molecule has 0 bridgehead atoms. The van der Waals surface area contributed by atoms with Gasteiger partial charge in [-0.3, -0.25) is 14.5 Å². The van der Waals surface area contributed by atoms with Crippen LogP contribution in [0.1, 0.15) is 48.4 Å². The van der Waals surface area contributed by atoms with E-state index in [4.69, 9.17) is 9.47 Å². The van der Waals surface area contributed by atoms with Crippen molar-refractivity contribution in [1.29, 1.82) is 0 Å². The highest BCUT2D eigenvalue weighted by Gasteiger charge is 2.28. The molecule has 0 saturated carbocycles. The average molecular weight is 496 g/mol. The number of carbonyl (C=O) groups is 3. The maximum atomic E-state index is 14.4. The highest BCUT2D eigenvalue weighted by molar-refractivity contribution is 6.09. The second kappa shape index (κ2) is 11.1. The zero-order chi connectivity index (χ0) is 26.5. The molecule has 6 nitrogen and oxygen atoms in total. The first-order valence-corrected chi connectivity index (χ1v) is 11.4. The van der Waals surface area contributed by atoms with Crippen LogP contribution in [0.3, 0.4) is 0 Å². The van der Waals surface area contributed by atoms with Crippen molar-refractivity contribution in [3.8, 4) is 11.1 Å². The van der Waals surface area contributed by atoms with Gasteiger partial charge in [0, 0.05) is 5.69 Å². The summed E-state index contributed by atoms with van der Waals surface area (Å²) in [4.78, 5) is 38.8. The van der Waals surface area contributed by atoms with Crippen molar-refractivity contribution in [1.82, 2.24) is 0 Å². The van der Waals surface area contributed by atoms with E-state index in [1.807, 2.05) is 0 Å². The van der Waals surface area contributed by atoms with Gasteiger partial charge in [0.15, 0.2) is 0 Å². The zero-order valence-corrected chi connectivity index (χ0v) is 20.5. The fourth-order valence-electron chi connectivity index (χ4n) is 3.49. The van der Waals surface area contributed by atoms with Crippen LogP contribution in [0.25, 0.3) is 11.1 Å². The van der Waals surface area contributed by atoms with Crippen LogP contribution in [0.2, 0.25) is 0 Å². The molecule has 0 aliphatic carbocycles. The van der Waals surface area contributed by atoms with E-state index in [0.29, 0.717) is 16.7 Å². The first kappa shape index (κ1) is 26.5. The molecule has 36 heavy (non-hydrogen) atoms. The van der Waals surface area contributed by atoms with Crippen molar-refractivity contribution in [3.05, 3.63) is 89.5 Å². The summed E-state index contributed by atoms with van der Waals surface area (Å²) < 4.78 is 39.2. The molecule has 0 unspecified atom stereocenters. The molecule has 0 N–H and O–H groups in total. The minimum Gasteiger partial charge on any atom is -0.462 e. The first-order valence-electron chi connectivity index (χ1n) is 11.4. The molecule has 3 aromatic rings. The van der Waals surface area contributed by atoms with Crippen LogP contribution in [0.15, 0.2) is 66.7 Å². The summed E-state index contributed by atoms with van der Waals surface area (Å²) in [5.41, 5.74) is 0.391. The van der Waals surface area contributed by atoms with Gasteiger partial charge in [0.2, 0.25) is 0 Å². The maximum Gasteiger partial charge on any atom is 0.338 e. The van der Waals surface area contributed by atoms with Gasteiger partial charge in [-0.25, -0.2) is 13.6 Å². The Morgan fingerprint density at radius 3 is 2.06 bits per heavy atom. The van der Waals surface area contributed by atoms with Crippen LogP contribution in [-0.2, 0) is 14.3 Å². The summed E-state index contributed by atoms with van der Waals surface area (Å²) in [5.74, 6) is -4.29. The minimum atomic E-state index is -1.04. The molecule has 0 fully saturated rings. The average Bonchev–Trinajstić information content (AvgIpc) is 2.81. The van der Waals surface area contributed by atoms with Crippen molar-refractivity contribution in [2.75, 3.05) is 18.1 Å². The Labute approximate surface area is 208 Å². The second-order valence-electron chi connectivity index (χ2n) is 8.92. The molecule has 1 amide bonds. The molecule has 0 radical (unpaired) electrons. The molecule has 188 valence electrons. The summed E-state index contributed by atoms with van der Waals surface area (Å²) in [6, 6.07) is 16.3. The number of amides is 1. The molecule has 0 atom stereocenters. The molecule has 0 aliphatic heterocycles. The number of carbonyl (C=O) groups excluding carboxylic acids is 3. The predicted octanol–water partition coefficient (Wildman–Crippen LogP) is 5.80. The highest BCUT2D eigenvalue weighted by Crippen LogP contribution is 2.27. The normalized spacial score (nSPS) is 11.1. The van der Waals surface area contributed by atoms with E-state index in [-0.39, 0.29) is 12.3 Å². The fourth-order valence-corrected chi connectivity index (χ4v) is 3.49. The number of esters is 2. The van der Waals surface area contributed by atoms with E-state index < -0.39 is 47.2 Å². The number of ether oxygens (including phenoxy) is 2. The van der Waals surface area contributed by atoms with Crippen LogP contribution >= 0.6 is 0 Å². The van der Waals surface area contributed by atoms with Crippen molar-refractivity contribution in [2.45, 2.75) is 33.3 Å². The van der Waals surface area contributed by atoms with Gasteiger partial charge >= 0.3 is 11.9 Å². The lowest BCUT2D eigenvalue weighted by atomic mass is 10.0. The van der Waals surface area contributed by atoms with E-state index in [0.717, 1.165) is 23.1 Å². The number of hydrogen-bond acceptors (Lipinski definition) is 5. The summed E-state index contributed by atoms with van der Waals surface area (Å²) in [7, 11) is 0. The number of hydrogen-bond donors (Lipinski definition) is 0. The number of anilines is 1. The lowest BCUT2D eigenvalue weighted by Crippen LogP contribution is -2.39. The number of nitrogens with zero attached hydrogens (tertiary/aromatic N) is 1. The van der Waals surface area contributed by atoms with Gasteiger partial charge in [0.05, 0.1) is 12.2 Å². The molecule has 0 aliphatic rings. The van der Waals surface area contributed by atoms with Crippen LogP contribution in [0.4, 0.5) is 14.5 Å². The van der Waals surface area contributed by atoms with Gasteiger partial charge in [0.1, 0.15) is 29.3 Å². The zero-order valence-electron chi connectivity index (χ0n) is 20.5. The Morgan fingerprint density at radius 2 is 1.47 bits per heavy atom. The standard InChI is InChI=1S/C28H27F2NO5/c1-5-35-27(34)19-14-12-18(13-15-19)20-8-6-9-21(16-20)31(17-24(32)36-28(2,3)4)26(33)25-22(29)10-7-11-23(25)30/h6-16H,5,17H2,1-4H3. The molecule has 3 aromatic carbocycles. The summed E-state index contributed by atoms with van der Waals surface area (Å²) in [6.45, 7) is 6.44. The van der Waals surface area contributed by atoms with Gasteiger partial charge in [-0.05, 0) is 75.2 Å². The SMILES string of the molecule is CCOC(=O)c1ccc(-c2cccc(N(CC(=O)OC(C)(C)C)C(=O)c3c(F)cccc3F)c2)cc1. The third kappa shape index (κ3) is 6.53. The van der Waals surface area contributed by atoms with Crippen molar-refractivity contribution in [2.24, 2.45) is 0 Å². The largest absolute Gasteiger partial charge is 0.462 e. The van der Waals surface area contributed by atoms with E-state index >= 15 is 0 Å². The van der Waals surface area contributed by atoms with Gasteiger partial charge in [0.25, 0.3) is 5.91 Å². The Kier molecular flexibility index (Phi) is 8.19. The highest BCUT2D eigenvalue weighted by atomic mass is 19.1. The molecule has 3 rings (SSSR count). The predicted molar refractivity (Wildman–Crippen MR) is 132 cm³/mol. The molecular weight excluding hydrogens is 468 g/mol. The van der Waals surface area contributed by atoms with E-state index in [1.54, 1.807) is 76.2 Å². The molecule has 0 saturated heterocycles. The number of benzene rings is 3. The van der Waals surface area contributed by atoms with Crippen molar-refractivity contribution < 1.29 is 32.6 Å². The Bertz CT molecular complexity index is 1250. The third-order valence-corrected chi connectivity index (χ3v) is 5.02. The van der Waals surface area contributed by atoms with Crippen LogP contribution < -0.4 is 4.90 Å². The number of halogens is 2. The minimum absolute atomic E-state index is 0.237. The Morgan fingerprint density at radius 1 is 0.861 bits per heavy atom. The van der Waals surface area contributed by atoms with Crippen LogP contribution in [-0.4, -0.2) is 36.6 Å². The third-order valence-electron chi connectivity index (χ3n) is 5.02. The van der Waals surface area contributed by atoms with Crippen molar-refractivity contribution in [3.63, 3.8) is 0 Å². The summed E-state index contributed by atoms with van der Waals surface area (Å²) in [5, 5.41) is 0. The van der Waals surface area contributed by atoms with Gasteiger partial charge in [-0.1, -0.05) is 30.3 Å². The van der Waals surface area contributed by atoms with E-state index in [2.05, 4.69) is 0 Å². The topological polar surface area (TPSA) is 72.9 Å². The molecular formula is C28H27F2NO5. The van der Waals surface area contributed by atoms with Gasteiger partial charge in [-0.15, -0.1) is 0 Å². The smallest absolute Gasteiger partial charge is 0.338 e. The Hall–Kier alpha value is -4.07. The lowest BCUT2D eigenvalue weighted by Gasteiger charge is -2.26. The summed E-state index contributed by atoms with van der Waals surface area (Å²) >= 11 is 0. The molecule has 8 heteroatoms.